The summed E-state index contributed by atoms with van der Waals surface area (Å²) in [5, 5.41) is 31.7. The molecule has 6 rings (SSSR count). The summed E-state index contributed by atoms with van der Waals surface area (Å²) in [5.74, 6) is 2.04. The molecule has 9 nitrogen and oxygen atoms in total. The number of alkyl carbamates (subject to hydrolysis) is 1. The Hall–Kier alpha value is -2.30. The van der Waals surface area contributed by atoms with Crippen molar-refractivity contribution in [1.82, 2.24) is 10.3 Å². The van der Waals surface area contributed by atoms with Crippen molar-refractivity contribution in [1.29, 1.82) is 0 Å². The number of amides is 1. The molecule has 2 heterocycles. The molecule has 1 saturated heterocycles. The summed E-state index contributed by atoms with van der Waals surface area (Å²) in [6.07, 6.45) is 11.4. The minimum Gasteiger partial charge on any atom is -0.419 e. The van der Waals surface area contributed by atoms with Crippen molar-refractivity contribution in [3.05, 3.63) is 47.8 Å². The number of aliphatic hydroxyl groups excluding tert-OH is 3. The summed E-state index contributed by atoms with van der Waals surface area (Å²) >= 11 is 0. The maximum absolute atomic E-state index is 12.3. The van der Waals surface area contributed by atoms with E-state index in [1.54, 1.807) is 0 Å². The number of hydrogen-bond acceptors (Lipinski definition) is 8. The third-order valence-corrected chi connectivity index (χ3v) is 11.1. The van der Waals surface area contributed by atoms with E-state index in [0.29, 0.717) is 17.8 Å². The van der Waals surface area contributed by atoms with Gasteiger partial charge >= 0.3 is 6.09 Å². The Morgan fingerprint density at radius 3 is 2.76 bits per heavy atom. The molecule has 1 aromatic rings. The molecule has 1 aromatic heterocycles. The topological polar surface area (TPSA) is 130 Å². The van der Waals surface area contributed by atoms with Crippen LogP contribution in [0.15, 0.2) is 42.3 Å². The van der Waals surface area contributed by atoms with Crippen LogP contribution in [-0.2, 0) is 14.2 Å². The zero-order valence-corrected chi connectivity index (χ0v) is 24.1. The Morgan fingerprint density at radius 2 is 1.98 bits per heavy atom. The number of rotatable bonds is 6. The quantitative estimate of drug-likeness (QED) is 0.300. The van der Waals surface area contributed by atoms with E-state index in [4.69, 9.17) is 14.2 Å². The van der Waals surface area contributed by atoms with E-state index < -0.39 is 37.3 Å². The summed E-state index contributed by atoms with van der Waals surface area (Å²) < 4.78 is 16.6. The number of nitrogens with zero attached hydrogens (tertiary/aromatic N) is 1. The normalized spacial score (nSPS) is 41.8. The molecule has 0 aromatic carbocycles. The number of carbonyl (C=O) groups is 1. The van der Waals surface area contributed by atoms with Crippen LogP contribution >= 0.6 is 0 Å². The molecular formula is C32H44N2O7. The number of allylic oxidation sites excluding steroid dienone is 3. The summed E-state index contributed by atoms with van der Waals surface area (Å²) in [7, 11) is 0. The summed E-state index contributed by atoms with van der Waals surface area (Å²) in [6, 6.07) is 4.25. The highest BCUT2D eigenvalue weighted by Gasteiger charge is 2.57. The van der Waals surface area contributed by atoms with Gasteiger partial charge in [0.25, 0.3) is 0 Å². The second-order valence-corrected chi connectivity index (χ2v) is 13.1. The monoisotopic (exact) mass is 568 g/mol. The number of ether oxygens (including phenoxy) is 3. The average Bonchev–Trinajstić information content (AvgIpc) is 3.32. The third-order valence-electron chi connectivity index (χ3n) is 11.1. The Kier molecular flexibility index (Phi) is 8.02. The van der Waals surface area contributed by atoms with Crippen molar-refractivity contribution < 1.29 is 34.3 Å². The van der Waals surface area contributed by atoms with Crippen molar-refractivity contribution in [2.75, 3.05) is 13.3 Å². The number of pyridine rings is 1. The lowest BCUT2D eigenvalue weighted by Gasteiger charge is -2.58. The fourth-order valence-corrected chi connectivity index (χ4v) is 8.83. The lowest BCUT2D eigenvalue weighted by atomic mass is 9.47. The second kappa shape index (κ2) is 11.4. The van der Waals surface area contributed by atoms with Gasteiger partial charge in [-0.05, 0) is 90.7 Å². The van der Waals surface area contributed by atoms with E-state index in [2.05, 4.69) is 42.4 Å². The van der Waals surface area contributed by atoms with Gasteiger partial charge in [0.1, 0.15) is 18.9 Å². The Labute approximate surface area is 242 Å². The molecule has 4 aliphatic carbocycles. The highest BCUT2D eigenvalue weighted by Crippen LogP contribution is 2.66. The molecule has 5 aliphatic rings. The van der Waals surface area contributed by atoms with Crippen LogP contribution in [0.4, 0.5) is 4.79 Å². The van der Waals surface area contributed by atoms with Gasteiger partial charge in [-0.1, -0.05) is 37.6 Å². The van der Waals surface area contributed by atoms with Crippen LogP contribution in [0.1, 0.15) is 70.8 Å². The van der Waals surface area contributed by atoms with Gasteiger partial charge in [-0.2, -0.15) is 0 Å². The molecule has 3 fully saturated rings. The molecule has 1 amide bonds. The molecular weight excluding hydrogens is 524 g/mol. The second-order valence-electron chi connectivity index (χ2n) is 13.1. The minimum absolute atomic E-state index is 0.0179. The number of carbonyl (C=O) groups excluding carboxylic acids is 1. The Balaban J connectivity index is 1.02. The van der Waals surface area contributed by atoms with Crippen molar-refractivity contribution >= 4 is 11.7 Å². The van der Waals surface area contributed by atoms with E-state index in [-0.39, 0.29) is 30.1 Å². The van der Waals surface area contributed by atoms with Gasteiger partial charge in [0.05, 0.1) is 18.8 Å². The van der Waals surface area contributed by atoms with Crippen molar-refractivity contribution in [3.8, 4) is 0 Å². The zero-order chi connectivity index (χ0) is 28.8. The smallest absolute Gasteiger partial charge is 0.411 e. The highest BCUT2D eigenvalue weighted by molar-refractivity contribution is 5.72. The van der Waals surface area contributed by atoms with E-state index >= 15 is 0 Å². The molecule has 0 radical (unpaired) electrons. The minimum atomic E-state index is -1.22. The molecule has 1 aliphatic heterocycles. The third kappa shape index (κ3) is 5.25. The fraction of sp³-hybridized carbons (Fsp3) is 0.688. The average molecular weight is 569 g/mol. The molecule has 0 spiro atoms. The largest absolute Gasteiger partial charge is 0.419 e. The lowest BCUT2D eigenvalue weighted by molar-refractivity contribution is -0.238. The molecule has 224 valence electrons. The molecule has 4 N–H and O–H groups in total. The molecule has 0 bridgehead atoms. The van der Waals surface area contributed by atoms with Crippen molar-refractivity contribution in [2.24, 2.45) is 28.6 Å². The van der Waals surface area contributed by atoms with Crippen molar-refractivity contribution in [3.63, 3.8) is 0 Å². The van der Waals surface area contributed by atoms with Crippen LogP contribution in [0.3, 0.4) is 0 Å². The first-order valence-corrected chi connectivity index (χ1v) is 15.2. The van der Waals surface area contributed by atoms with E-state index in [1.165, 1.54) is 29.6 Å². The summed E-state index contributed by atoms with van der Waals surface area (Å²) in [5.41, 5.74) is 4.69. The van der Waals surface area contributed by atoms with Crippen molar-refractivity contribution in [2.45, 2.75) is 95.9 Å². The number of hydrogen-bond donors (Lipinski definition) is 4. The predicted octanol–water partition coefficient (Wildman–Crippen LogP) is 3.94. The van der Waals surface area contributed by atoms with Gasteiger partial charge in [0, 0.05) is 18.8 Å². The van der Waals surface area contributed by atoms with Crippen LogP contribution < -0.4 is 5.32 Å². The molecule has 10 atom stereocenters. The van der Waals surface area contributed by atoms with Crippen LogP contribution in [-0.4, -0.2) is 70.4 Å². The van der Waals surface area contributed by atoms with Gasteiger partial charge in [-0.15, -0.1) is 0 Å². The number of aliphatic hydroxyl groups is 3. The van der Waals surface area contributed by atoms with Gasteiger partial charge < -0.3 is 29.5 Å². The zero-order valence-electron chi connectivity index (χ0n) is 24.1. The SMILES string of the molecule is CC12CCC(OCNC(=O)OC3CC(O)[C@H](O)C(CO)O3)CC1=CCC1C2CCC2(C)C(c3cccnc3)=CC[C@@H]12. The standard InChI is InChI=1S/C32H44N2O7/c1-31-11-9-21(39-18-34-30(38)41-28-15-26(36)29(37)27(17-35)40-28)14-20(31)5-6-22-24-8-7-23(19-4-3-13-33-16-19)32(24,2)12-10-25(22)31/h3-5,7,13,16,21-22,24-29,35-37H,6,8-12,14-15,17-18H2,1-2H3,(H,34,38)/t21?,22?,24-,25?,26?,27?,28?,29-,31?,32?/m0/s1. The number of aromatic nitrogens is 1. The molecule has 2 saturated carbocycles. The first-order valence-electron chi connectivity index (χ1n) is 15.2. The maximum atomic E-state index is 12.3. The Morgan fingerprint density at radius 1 is 1.15 bits per heavy atom. The van der Waals surface area contributed by atoms with Crippen LogP contribution in [0.5, 0.6) is 0 Å². The molecule has 41 heavy (non-hydrogen) atoms. The number of nitrogens with one attached hydrogen (secondary N) is 1. The predicted molar refractivity (Wildman–Crippen MR) is 151 cm³/mol. The Bertz CT molecular complexity index is 1170. The van der Waals surface area contributed by atoms with Crippen LogP contribution in [0.25, 0.3) is 5.57 Å². The lowest BCUT2D eigenvalue weighted by Crippen LogP contribution is -2.51. The van der Waals surface area contributed by atoms with Crippen LogP contribution in [0.2, 0.25) is 0 Å². The number of fused-ring (bicyclic) bond motifs is 5. The van der Waals surface area contributed by atoms with E-state index in [1.807, 2.05) is 18.5 Å². The highest BCUT2D eigenvalue weighted by atomic mass is 16.7. The van der Waals surface area contributed by atoms with Crippen LogP contribution in [0, 0.1) is 28.6 Å². The van der Waals surface area contributed by atoms with E-state index in [0.717, 1.165) is 32.1 Å². The summed E-state index contributed by atoms with van der Waals surface area (Å²) in [4.78, 5) is 16.7. The fourth-order valence-electron chi connectivity index (χ4n) is 8.83. The first-order chi connectivity index (χ1) is 19.7. The van der Waals surface area contributed by atoms with Gasteiger partial charge in [-0.25, -0.2) is 4.79 Å². The van der Waals surface area contributed by atoms with Gasteiger partial charge in [0.2, 0.25) is 6.29 Å². The first kappa shape index (κ1) is 28.8. The summed E-state index contributed by atoms with van der Waals surface area (Å²) in [6.45, 7) is 4.50. The van der Waals surface area contributed by atoms with Gasteiger partial charge in [0.15, 0.2) is 0 Å². The molecule has 8 unspecified atom stereocenters. The van der Waals surface area contributed by atoms with E-state index in [9.17, 15) is 20.1 Å². The maximum Gasteiger partial charge on any atom is 0.411 e. The van der Waals surface area contributed by atoms with Gasteiger partial charge in [-0.3, -0.25) is 10.3 Å². The molecule has 9 heteroatoms.